The molecule has 0 rings (SSSR count). The van der Waals surface area contributed by atoms with Crippen molar-refractivity contribution < 1.29 is 8.42 Å². The highest BCUT2D eigenvalue weighted by Gasteiger charge is 2.32. The van der Waals surface area contributed by atoms with Crippen molar-refractivity contribution in [2.75, 3.05) is 20.6 Å². The molecule has 0 fully saturated rings. The fourth-order valence-electron chi connectivity index (χ4n) is 1.24. The molecule has 0 aliphatic rings. The molecule has 0 bridgehead atoms. The molecule has 0 aromatic heterocycles. The van der Waals surface area contributed by atoms with Gasteiger partial charge in [0, 0.05) is 25.2 Å². The highest BCUT2D eigenvalue weighted by Crippen LogP contribution is 2.16. The summed E-state index contributed by atoms with van der Waals surface area (Å²) in [5.74, 6) is 0. The molecule has 0 heterocycles. The Hall–Kier alpha value is -0.170. The Kier molecular flexibility index (Phi) is 4.72. The van der Waals surface area contributed by atoms with Gasteiger partial charge in [-0.2, -0.15) is 12.7 Å². The Morgan fingerprint density at radius 1 is 1.27 bits per heavy atom. The van der Waals surface area contributed by atoms with Crippen LogP contribution in [0.15, 0.2) is 0 Å². The first kappa shape index (κ1) is 14.8. The summed E-state index contributed by atoms with van der Waals surface area (Å²) in [6.07, 6.45) is 0. The first-order valence-electron chi connectivity index (χ1n) is 4.95. The number of nitrogens with zero attached hydrogens (tertiary/aromatic N) is 2. The molecule has 0 radical (unpaired) electrons. The van der Waals surface area contributed by atoms with Crippen molar-refractivity contribution in [2.24, 2.45) is 5.14 Å². The summed E-state index contributed by atoms with van der Waals surface area (Å²) in [6, 6.07) is 0.373. The second-order valence-electron chi connectivity index (χ2n) is 4.83. The third-order valence-electron chi connectivity index (χ3n) is 2.75. The van der Waals surface area contributed by atoms with Gasteiger partial charge in [0.15, 0.2) is 0 Å². The first-order chi connectivity index (χ1) is 6.48. The summed E-state index contributed by atoms with van der Waals surface area (Å²) in [7, 11) is -0.160. The van der Waals surface area contributed by atoms with Crippen molar-refractivity contribution in [3.8, 4) is 0 Å². The minimum Gasteiger partial charge on any atom is -0.302 e. The topological polar surface area (TPSA) is 66.6 Å². The van der Waals surface area contributed by atoms with Gasteiger partial charge in [0.1, 0.15) is 0 Å². The summed E-state index contributed by atoms with van der Waals surface area (Å²) < 4.78 is 23.6. The molecule has 0 aliphatic heterocycles. The predicted molar refractivity (Wildman–Crippen MR) is 62.7 cm³/mol. The van der Waals surface area contributed by atoms with E-state index in [2.05, 4.69) is 18.7 Å². The molecule has 0 atom stereocenters. The van der Waals surface area contributed by atoms with Crippen LogP contribution in [0, 0.1) is 0 Å². The highest BCUT2D eigenvalue weighted by molar-refractivity contribution is 7.86. The van der Waals surface area contributed by atoms with Crippen LogP contribution < -0.4 is 5.14 Å². The van der Waals surface area contributed by atoms with E-state index in [0.29, 0.717) is 12.6 Å². The molecule has 15 heavy (non-hydrogen) atoms. The van der Waals surface area contributed by atoms with Gasteiger partial charge in [0.2, 0.25) is 0 Å². The Balaban J connectivity index is 4.70. The molecule has 0 saturated heterocycles. The molecule has 0 aromatic carbocycles. The van der Waals surface area contributed by atoms with Crippen LogP contribution in [0.25, 0.3) is 0 Å². The van der Waals surface area contributed by atoms with Crippen LogP contribution in [0.3, 0.4) is 0 Å². The van der Waals surface area contributed by atoms with Gasteiger partial charge in [0.25, 0.3) is 10.2 Å². The van der Waals surface area contributed by atoms with E-state index in [1.54, 1.807) is 0 Å². The van der Waals surface area contributed by atoms with Crippen LogP contribution in [-0.4, -0.2) is 49.8 Å². The quantitative estimate of drug-likeness (QED) is 0.745. The lowest BCUT2D eigenvalue weighted by Crippen LogP contribution is -2.54. The Bertz CT molecular complexity index is 298. The van der Waals surface area contributed by atoms with E-state index in [0.717, 1.165) is 0 Å². The van der Waals surface area contributed by atoms with E-state index in [1.165, 1.54) is 11.4 Å². The maximum Gasteiger partial charge on any atom is 0.277 e. The van der Waals surface area contributed by atoms with Gasteiger partial charge in [-0.05, 0) is 34.7 Å². The van der Waals surface area contributed by atoms with Crippen LogP contribution in [0.5, 0.6) is 0 Å². The molecule has 92 valence electrons. The Morgan fingerprint density at radius 3 is 1.93 bits per heavy atom. The number of hydrogen-bond acceptors (Lipinski definition) is 3. The Morgan fingerprint density at radius 2 is 1.67 bits per heavy atom. The molecule has 5 nitrogen and oxygen atoms in total. The second kappa shape index (κ2) is 4.78. The molecule has 0 aromatic rings. The maximum atomic E-state index is 11.2. The minimum atomic E-state index is -3.63. The standard InChI is InChI=1S/C9H23N3O2S/c1-8(2)11(5)7-9(3,4)12(6)15(10,13)14/h8H,7H2,1-6H3,(H2,10,13,14). The van der Waals surface area contributed by atoms with Crippen molar-refractivity contribution in [2.45, 2.75) is 39.3 Å². The van der Waals surface area contributed by atoms with Crippen molar-refractivity contribution in [3.05, 3.63) is 0 Å². The number of likely N-dealkylation sites (N-methyl/N-ethyl adjacent to an activating group) is 2. The summed E-state index contributed by atoms with van der Waals surface area (Å²) in [4.78, 5) is 2.08. The van der Waals surface area contributed by atoms with Crippen LogP contribution in [0.4, 0.5) is 0 Å². The molecule has 0 spiro atoms. The SMILES string of the molecule is CC(C)N(C)CC(C)(C)N(C)S(N)(=O)=O. The van der Waals surface area contributed by atoms with Crippen molar-refractivity contribution in [1.82, 2.24) is 9.21 Å². The van der Waals surface area contributed by atoms with Gasteiger partial charge in [-0.25, -0.2) is 5.14 Å². The van der Waals surface area contributed by atoms with E-state index in [1.807, 2.05) is 20.9 Å². The largest absolute Gasteiger partial charge is 0.302 e. The maximum absolute atomic E-state index is 11.2. The lowest BCUT2D eigenvalue weighted by molar-refractivity contribution is 0.155. The van der Waals surface area contributed by atoms with Crippen LogP contribution >= 0.6 is 0 Å². The van der Waals surface area contributed by atoms with E-state index in [-0.39, 0.29) is 0 Å². The highest BCUT2D eigenvalue weighted by atomic mass is 32.2. The fraction of sp³-hybridized carbons (Fsp3) is 1.00. The Labute approximate surface area is 93.4 Å². The summed E-state index contributed by atoms with van der Waals surface area (Å²) >= 11 is 0. The van der Waals surface area contributed by atoms with Crippen LogP contribution in [0.2, 0.25) is 0 Å². The molecule has 0 saturated carbocycles. The number of rotatable bonds is 5. The molecule has 0 aliphatic carbocycles. The third kappa shape index (κ3) is 4.46. The normalized spacial score (nSPS) is 14.3. The monoisotopic (exact) mass is 237 g/mol. The van der Waals surface area contributed by atoms with Gasteiger partial charge < -0.3 is 4.90 Å². The average Bonchev–Trinajstić information content (AvgIpc) is 2.00. The third-order valence-corrected chi connectivity index (χ3v) is 4.01. The van der Waals surface area contributed by atoms with Crippen LogP contribution in [0.1, 0.15) is 27.7 Å². The number of nitrogens with two attached hydrogens (primary N) is 1. The smallest absolute Gasteiger partial charge is 0.277 e. The number of hydrogen-bond donors (Lipinski definition) is 1. The van der Waals surface area contributed by atoms with Crippen molar-refractivity contribution in [1.29, 1.82) is 0 Å². The van der Waals surface area contributed by atoms with Gasteiger partial charge in [-0.1, -0.05) is 0 Å². The van der Waals surface area contributed by atoms with Gasteiger partial charge in [-0.15, -0.1) is 0 Å². The lowest BCUT2D eigenvalue weighted by Gasteiger charge is -2.37. The van der Waals surface area contributed by atoms with Crippen molar-refractivity contribution in [3.63, 3.8) is 0 Å². The van der Waals surface area contributed by atoms with Crippen molar-refractivity contribution >= 4 is 10.2 Å². The predicted octanol–water partition coefficient (Wildman–Crippen LogP) is 0.241. The zero-order chi connectivity index (χ0) is 12.4. The minimum absolute atomic E-state index is 0.373. The summed E-state index contributed by atoms with van der Waals surface area (Å²) in [5, 5.41) is 5.10. The lowest BCUT2D eigenvalue weighted by atomic mass is 10.1. The van der Waals surface area contributed by atoms with E-state index in [4.69, 9.17) is 5.14 Å². The van der Waals surface area contributed by atoms with Gasteiger partial charge in [-0.3, -0.25) is 0 Å². The van der Waals surface area contributed by atoms with E-state index in [9.17, 15) is 8.42 Å². The molecule has 0 unspecified atom stereocenters. The molecular weight excluding hydrogens is 214 g/mol. The zero-order valence-corrected chi connectivity index (χ0v) is 11.3. The average molecular weight is 237 g/mol. The first-order valence-corrected chi connectivity index (χ1v) is 6.46. The van der Waals surface area contributed by atoms with Gasteiger partial charge >= 0.3 is 0 Å². The second-order valence-corrected chi connectivity index (χ2v) is 6.41. The van der Waals surface area contributed by atoms with E-state index < -0.39 is 15.7 Å². The molecular formula is C9H23N3O2S. The van der Waals surface area contributed by atoms with E-state index >= 15 is 0 Å². The van der Waals surface area contributed by atoms with Crippen LogP contribution in [-0.2, 0) is 10.2 Å². The molecule has 6 heteroatoms. The zero-order valence-electron chi connectivity index (χ0n) is 10.5. The summed E-state index contributed by atoms with van der Waals surface area (Å²) in [5.41, 5.74) is -0.507. The van der Waals surface area contributed by atoms with Gasteiger partial charge in [0.05, 0.1) is 0 Å². The molecule has 0 amide bonds. The fourth-order valence-corrected chi connectivity index (χ4v) is 1.98. The molecule has 2 N–H and O–H groups in total. The summed E-state index contributed by atoms with van der Waals surface area (Å²) in [6.45, 7) is 8.48.